The lowest BCUT2D eigenvalue weighted by Gasteiger charge is -2.07. The summed E-state index contributed by atoms with van der Waals surface area (Å²) in [6.07, 6.45) is 3.91. The molecule has 2 aromatic carbocycles. The zero-order valence-electron chi connectivity index (χ0n) is 14.3. The molecule has 0 saturated carbocycles. The molecule has 0 bridgehead atoms. The fourth-order valence-corrected chi connectivity index (χ4v) is 3.72. The predicted octanol–water partition coefficient (Wildman–Crippen LogP) is 3.19. The van der Waals surface area contributed by atoms with Gasteiger partial charge < -0.3 is 10.6 Å². The lowest BCUT2D eigenvalue weighted by Crippen LogP contribution is -2.20. The second-order valence-electron chi connectivity index (χ2n) is 6.17. The lowest BCUT2D eigenvalue weighted by molar-refractivity contribution is -0.120. The van der Waals surface area contributed by atoms with Crippen LogP contribution in [-0.4, -0.2) is 24.6 Å². The quantitative estimate of drug-likeness (QED) is 0.783. The maximum Gasteiger partial charge on any atom is 0.234 e. The number of nitrogens with one attached hydrogen (secondary N) is 2. The third kappa shape index (κ3) is 4.86. The van der Waals surface area contributed by atoms with Crippen molar-refractivity contribution in [1.29, 1.82) is 0 Å². The molecule has 0 saturated heterocycles. The normalized spacial score (nSPS) is 12.5. The van der Waals surface area contributed by atoms with Gasteiger partial charge in [-0.2, -0.15) is 0 Å². The summed E-state index contributed by atoms with van der Waals surface area (Å²) in [7, 11) is 1.62. The number of fused-ring (bicyclic) bond motifs is 1. The van der Waals surface area contributed by atoms with Gasteiger partial charge in [0.25, 0.3) is 0 Å². The van der Waals surface area contributed by atoms with Crippen molar-refractivity contribution in [3.05, 3.63) is 59.2 Å². The van der Waals surface area contributed by atoms with E-state index in [-0.39, 0.29) is 11.8 Å². The van der Waals surface area contributed by atoms with E-state index in [1.807, 2.05) is 24.3 Å². The van der Waals surface area contributed by atoms with Crippen LogP contribution in [-0.2, 0) is 28.9 Å². The standard InChI is InChI=1S/C20H22N2O2S/c1-21-19(23)11-14-5-8-17(9-6-14)22-20(24)13-25-18-10-7-15-3-2-4-16(15)12-18/h5-10,12H,2-4,11,13H2,1H3,(H,21,23)(H,22,24). The van der Waals surface area contributed by atoms with Crippen LogP contribution in [0.3, 0.4) is 0 Å². The topological polar surface area (TPSA) is 58.2 Å². The second-order valence-corrected chi connectivity index (χ2v) is 7.22. The number of hydrogen-bond donors (Lipinski definition) is 2. The molecule has 0 aliphatic heterocycles. The molecule has 2 amide bonds. The molecule has 2 N–H and O–H groups in total. The van der Waals surface area contributed by atoms with Crippen LogP contribution >= 0.6 is 11.8 Å². The molecule has 0 unspecified atom stereocenters. The van der Waals surface area contributed by atoms with E-state index in [0.717, 1.165) is 22.6 Å². The number of rotatable bonds is 6. The molecular weight excluding hydrogens is 332 g/mol. The first kappa shape index (κ1) is 17.5. The molecular formula is C20H22N2O2S. The Morgan fingerprint density at radius 1 is 1.00 bits per heavy atom. The highest BCUT2D eigenvalue weighted by Crippen LogP contribution is 2.27. The number of anilines is 1. The first-order valence-corrected chi connectivity index (χ1v) is 9.46. The summed E-state index contributed by atoms with van der Waals surface area (Å²) in [5, 5.41) is 5.50. The van der Waals surface area contributed by atoms with Gasteiger partial charge in [-0.15, -0.1) is 11.8 Å². The molecule has 1 aliphatic carbocycles. The maximum atomic E-state index is 12.1. The smallest absolute Gasteiger partial charge is 0.234 e. The summed E-state index contributed by atoms with van der Waals surface area (Å²) in [5.41, 5.74) is 4.55. The summed E-state index contributed by atoms with van der Waals surface area (Å²) in [6.45, 7) is 0. The van der Waals surface area contributed by atoms with Crippen LogP contribution in [0.25, 0.3) is 0 Å². The average molecular weight is 354 g/mol. The van der Waals surface area contributed by atoms with E-state index < -0.39 is 0 Å². The van der Waals surface area contributed by atoms with Gasteiger partial charge in [-0.05, 0) is 60.2 Å². The molecule has 1 aliphatic rings. The second kappa shape index (κ2) is 8.21. The average Bonchev–Trinajstić information content (AvgIpc) is 3.09. The van der Waals surface area contributed by atoms with Gasteiger partial charge >= 0.3 is 0 Å². The molecule has 0 fully saturated rings. The molecule has 0 radical (unpaired) electrons. The monoisotopic (exact) mass is 354 g/mol. The third-order valence-electron chi connectivity index (χ3n) is 4.32. The Labute approximate surface area is 152 Å². The summed E-state index contributed by atoms with van der Waals surface area (Å²) in [5.74, 6) is 0.339. The van der Waals surface area contributed by atoms with Crippen molar-refractivity contribution in [2.75, 3.05) is 18.1 Å². The van der Waals surface area contributed by atoms with Gasteiger partial charge in [0, 0.05) is 17.6 Å². The van der Waals surface area contributed by atoms with Crippen molar-refractivity contribution in [1.82, 2.24) is 5.32 Å². The number of amides is 2. The van der Waals surface area contributed by atoms with E-state index in [9.17, 15) is 9.59 Å². The maximum absolute atomic E-state index is 12.1. The highest BCUT2D eigenvalue weighted by atomic mass is 32.2. The van der Waals surface area contributed by atoms with Gasteiger partial charge in [-0.3, -0.25) is 9.59 Å². The van der Waals surface area contributed by atoms with Crippen LogP contribution in [0.2, 0.25) is 0 Å². The van der Waals surface area contributed by atoms with E-state index in [0.29, 0.717) is 12.2 Å². The SMILES string of the molecule is CNC(=O)Cc1ccc(NC(=O)CSc2ccc3c(c2)CCC3)cc1. The van der Waals surface area contributed by atoms with Crippen molar-refractivity contribution in [2.45, 2.75) is 30.6 Å². The molecule has 0 spiro atoms. The van der Waals surface area contributed by atoms with Gasteiger partial charge in [0.1, 0.15) is 0 Å². The number of thioether (sulfide) groups is 1. The number of carbonyl (C=O) groups excluding carboxylic acids is 2. The molecule has 0 atom stereocenters. The summed E-state index contributed by atoms with van der Waals surface area (Å²) in [4.78, 5) is 24.6. The molecule has 130 valence electrons. The lowest BCUT2D eigenvalue weighted by atomic mass is 10.1. The summed E-state index contributed by atoms with van der Waals surface area (Å²) in [6, 6.07) is 13.9. The van der Waals surface area contributed by atoms with Gasteiger partial charge in [0.2, 0.25) is 11.8 Å². The van der Waals surface area contributed by atoms with E-state index in [1.54, 1.807) is 18.8 Å². The van der Waals surface area contributed by atoms with Gasteiger partial charge in [0.05, 0.1) is 12.2 Å². The Balaban J connectivity index is 1.50. The van der Waals surface area contributed by atoms with Crippen LogP contribution in [0, 0.1) is 0 Å². The Morgan fingerprint density at radius 2 is 1.76 bits per heavy atom. The number of benzene rings is 2. The zero-order valence-corrected chi connectivity index (χ0v) is 15.1. The first-order chi connectivity index (χ1) is 12.1. The predicted molar refractivity (Wildman–Crippen MR) is 102 cm³/mol. The number of aryl methyl sites for hydroxylation is 2. The van der Waals surface area contributed by atoms with Crippen molar-refractivity contribution < 1.29 is 9.59 Å². The van der Waals surface area contributed by atoms with E-state index in [4.69, 9.17) is 0 Å². The third-order valence-corrected chi connectivity index (χ3v) is 5.31. The highest BCUT2D eigenvalue weighted by Gasteiger charge is 2.11. The number of likely N-dealkylation sites (N-methyl/N-ethyl adjacent to an activating group) is 1. The number of carbonyl (C=O) groups is 2. The molecule has 0 aromatic heterocycles. The largest absolute Gasteiger partial charge is 0.359 e. The van der Waals surface area contributed by atoms with Crippen molar-refractivity contribution in [3.8, 4) is 0 Å². The van der Waals surface area contributed by atoms with Gasteiger partial charge in [-0.25, -0.2) is 0 Å². The van der Waals surface area contributed by atoms with Crippen LogP contribution in [0.15, 0.2) is 47.4 Å². The summed E-state index contributed by atoms with van der Waals surface area (Å²) < 4.78 is 0. The Hall–Kier alpha value is -2.27. The Bertz CT molecular complexity index is 772. The fraction of sp³-hybridized carbons (Fsp3) is 0.300. The van der Waals surface area contributed by atoms with Crippen LogP contribution in [0.4, 0.5) is 5.69 Å². The number of hydrogen-bond acceptors (Lipinski definition) is 3. The molecule has 0 heterocycles. The van der Waals surface area contributed by atoms with Crippen molar-refractivity contribution >= 4 is 29.3 Å². The van der Waals surface area contributed by atoms with Crippen LogP contribution in [0.5, 0.6) is 0 Å². The van der Waals surface area contributed by atoms with Crippen LogP contribution in [0.1, 0.15) is 23.1 Å². The molecule has 5 heteroatoms. The molecule has 4 nitrogen and oxygen atoms in total. The van der Waals surface area contributed by atoms with E-state index >= 15 is 0 Å². The van der Waals surface area contributed by atoms with E-state index in [2.05, 4.69) is 28.8 Å². The Morgan fingerprint density at radius 3 is 2.52 bits per heavy atom. The first-order valence-electron chi connectivity index (χ1n) is 8.48. The van der Waals surface area contributed by atoms with E-state index in [1.165, 1.54) is 24.0 Å². The molecule has 25 heavy (non-hydrogen) atoms. The fourth-order valence-electron chi connectivity index (χ4n) is 2.96. The minimum atomic E-state index is -0.0254. The minimum absolute atomic E-state index is 0.0236. The molecule has 2 aromatic rings. The Kier molecular flexibility index (Phi) is 5.76. The van der Waals surface area contributed by atoms with Crippen molar-refractivity contribution in [3.63, 3.8) is 0 Å². The minimum Gasteiger partial charge on any atom is -0.359 e. The van der Waals surface area contributed by atoms with Crippen LogP contribution < -0.4 is 10.6 Å². The zero-order chi connectivity index (χ0) is 17.6. The van der Waals surface area contributed by atoms with Crippen molar-refractivity contribution in [2.24, 2.45) is 0 Å². The summed E-state index contributed by atoms with van der Waals surface area (Å²) >= 11 is 1.56. The molecule has 3 rings (SSSR count). The van der Waals surface area contributed by atoms with Gasteiger partial charge in [0.15, 0.2) is 0 Å². The highest BCUT2D eigenvalue weighted by molar-refractivity contribution is 8.00. The van der Waals surface area contributed by atoms with Gasteiger partial charge in [-0.1, -0.05) is 18.2 Å².